The van der Waals surface area contributed by atoms with Gasteiger partial charge in [0.05, 0.1) is 17.7 Å². The number of fused-ring (bicyclic) bond motifs is 1. The van der Waals surface area contributed by atoms with Crippen LogP contribution in [0, 0.1) is 18.8 Å². The number of esters is 1. The van der Waals surface area contributed by atoms with Crippen LogP contribution in [-0.2, 0) is 9.53 Å². The van der Waals surface area contributed by atoms with Crippen LogP contribution in [0.1, 0.15) is 74.8 Å². The second-order valence-electron chi connectivity index (χ2n) is 9.32. The number of hydrogen-bond donors (Lipinski definition) is 1. The summed E-state index contributed by atoms with van der Waals surface area (Å²) in [6.07, 6.45) is 7.56. The van der Waals surface area contributed by atoms with Gasteiger partial charge in [0, 0.05) is 16.7 Å². The maximum Gasteiger partial charge on any atom is 0.359 e. The predicted molar refractivity (Wildman–Crippen MR) is 140 cm³/mol. The van der Waals surface area contributed by atoms with Crippen molar-refractivity contribution in [3.05, 3.63) is 51.3 Å². The Labute approximate surface area is 209 Å². The van der Waals surface area contributed by atoms with E-state index in [-0.39, 0.29) is 29.7 Å². The van der Waals surface area contributed by atoms with Gasteiger partial charge in [-0.2, -0.15) is 9.78 Å². The van der Waals surface area contributed by atoms with Crippen molar-refractivity contribution in [2.75, 3.05) is 11.9 Å². The zero-order chi connectivity index (χ0) is 24.9. The molecule has 0 unspecified atom stereocenters. The Morgan fingerprint density at radius 2 is 1.86 bits per heavy atom. The number of benzene rings is 1. The number of carbonyl (C=O) groups is 2. The number of anilines is 1. The molecule has 0 spiro atoms. The van der Waals surface area contributed by atoms with Crippen molar-refractivity contribution >= 4 is 39.0 Å². The zero-order valence-corrected chi connectivity index (χ0v) is 21.5. The van der Waals surface area contributed by atoms with E-state index in [1.807, 2.05) is 19.1 Å². The molecule has 4 rings (SSSR count). The molecule has 0 radical (unpaired) electrons. The van der Waals surface area contributed by atoms with Gasteiger partial charge in [0.15, 0.2) is 5.69 Å². The monoisotopic (exact) mass is 495 g/mol. The number of aryl methyl sites for hydroxylation is 1. The Balaban J connectivity index is 1.66. The first-order valence-corrected chi connectivity index (χ1v) is 13.4. The molecule has 186 valence electrons. The zero-order valence-electron chi connectivity index (χ0n) is 20.6. The number of aromatic nitrogens is 2. The summed E-state index contributed by atoms with van der Waals surface area (Å²) in [6.45, 7) is 6.08. The van der Waals surface area contributed by atoms with Gasteiger partial charge in [0.25, 0.3) is 5.56 Å². The summed E-state index contributed by atoms with van der Waals surface area (Å²) >= 11 is 1.24. The highest BCUT2D eigenvalue weighted by Gasteiger charge is 2.28. The minimum Gasteiger partial charge on any atom is -0.461 e. The van der Waals surface area contributed by atoms with Crippen LogP contribution in [0.4, 0.5) is 5.00 Å². The third kappa shape index (κ3) is 5.48. The summed E-state index contributed by atoms with van der Waals surface area (Å²) < 4.78 is 6.43. The number of carbonyl (C=O) groups excluding carboxylic acids is 2. The van der Waals surface area contributed by atoms with Crippen LogP contribution in [0.2, 0.25) is 0 Å². The fourth-order valence-electron chi connectivity index (χ4n) is 4.77. The second-order valence-corrected chi connectivity index (χ2v) is 10.2. The van der Waals surface area contributed by atoms with Crippen molar-refractivity contribution in [2.24, 2.45) is 11.8 Å². The normalized spacial score (nSPS) is 17.9. The minimum atomic E-state index is -0.598. The van der Waals surface area contributed by atoms with Gasteiger partial charge >= 0.3 is 5.97 Å². The van der Waals surface area contributed by atoms with Gasteiger partial charge in [-0.15, -0.1) is 11.3 Å². The lowest BCUT2D eigenvalue weighted by molar-refractivity contribution is -0.121. The van der Waals surface area contributed by atoms with Crippen molar-refractivity contribution in [3.63, 3.8) is 0 Å². The molecule has 0 atom stereocenters. The Bertz CT molecular complexity index is 1250. The molecule has 2 aromatic heterocycles. The van der Waals surface area contributed by atoms with Crippen LogP contribution in [0.15, 0.2) is 34.4 Å². The van der Waals surface area contributed by atoms with Crippen molar-refractivity contribution in [2.45, 2.75) is 65.7 Å². The lowest BCUT2D eigenvalue weighted by Crippen LogP contribution is -2.28. The number of thiophene rings is 1. The third-order valence-electron chi connectivity index (χ3n) is 6.82. The number of nitrogens with one attached hydrogen (secondary N) is 1. The van der Waals surface area contributed by atoms with Crippen LogP contribution >= 0.6 is 11.3 Å². The fourth-order valence-corrected chi connectivity index (χ4v) is 5.71. The van der Waals surface area contributed by atoms with E-state index in [1.165, 1.54) is 35.3 Å². The average Bonchev–Trinajstić information content (AvgIpc) is 3.28. The van der Waals surface area contributed by atoms with E-state index < -0.39 is 5.97 Å². The molecule has 7 nitrogen and oxygen atoms in total. The molecule has 2 heterocycles. The Morgan fingerprint density at radius 1 is 1.14 bits per heavy atom. The maximum atomic E-state index is 13.5. The number of rotatable bonds is 8. The predicted octanol–water partition coefficient (Wildman–Crippen LogP) is 5.87. The summed E-state index contributed by atoms with van der Waals surface area (Å²) in [4.78, 5) is 39.4. The summed E-state index contributed by atoms with van der Waals surface area (Å²) in [5.74, 6) is -0.00452. The summed E-state index contributed by atoms with van der Waals surface area (Å²) in [7, 11) is 0. The van der Waals surface area contributed by atoms with Gasteiger partial charge in [-0.05, 0) is 57.6 Å². The summed E-state index contributed by atoms with van der Waals surface area (Å²) in [6, 6.07) is 7.33. The molecule has 0 saturated heterocycles. The summed E-state index contributed by atoms with van der Waals surface area (Å²) in [5, 5.41) is 10.2. The van der Waals surface area contributed by atoms with Gasteiger partial charge in [-0.1, -0.05) is 43.9 Å². The molecule has 1 aromatic carbocycles. The molecular formula is C27H33N3O4S. The molecule has 35 heavy (non-hydrogen) atoms. The molecule has 1 N–H and O–H groups in total. The van der Waals surface area contributed by atoms with Crippen LogP contribution in [0.3, 0.4) is 0 Å². The standard InChI is InChI=1S/C27H33N3O4S/c1-4-6-7-18-10-12-19(13-11-18)24(31)28-25-22-21(16-35-25)23(27(33)34-5-2)29-30(26(22)32)20-14-8-17(3)9-15-20/h8-9,14-16,18-19H,4-7,10-13H2,1-3H3,(H,28,31). The first-order valence-electron chi connectivity index (χ1n) is 12.5. The van der Waals surface area contributed by atoms with E-state index in [9.17, 15) is 14.4 Å². The van der Waals surface area contributed by atoms with Crippen LogP contribution in [-0.4, -0.2) is 28.3 Å². The van der Waals surface area contributed by atoms with E-state index in [4.69, 9.17) is 4.74 Å². The number of unbranched alkanes of at least 4 members (excludes halogenated alkanes) is 1. The lowest BCUT2D eigenvalue weighted by Gasteiger charge is -2.27. The van der Waals surface area contributed by atoms with Crippen molar-refractivity contribution in [3.8, 4) is 5.69 Å². The average molecular weight is 496 g/mol. The Hall–Kier alpha value is -3.00. The highest BCUT2D eigenvalue weighted by molar-refractivity contribution is 7.16. The molecule has 1 amide bonds. The minimum absolute atomic E-state index is 0.0570. The molecule has 0 aliphatic heterocycles. The molecule has 8 heteroatoms. The van der Waals surface area contributed by atoms with Crippen LogP contribution < -0.4 is 10.9 Å². The smallest absolute Gasteiger partial charge is 0.359 e. The lowest BCUT2D eigenvalue weighted by atomic mass is 9.79. The number of amides is 1. The van der Waals surface area contributed by atoms with Crippen molar-refractivity contribution in [1.82, 2.24) is 9.78 Å². The molecule has 0 bridgehead atoms. The van der Waals surface area contributed by atoms with Gasteiger partial charge in [0.2, 0.25) is 5.91 Å². The molecule has 1 saturated carbocycles. The van der Waals surface area contributed by atoms with E-state index in [2.05, 4.69) is 17.3 Å². The summed E-state index contributed by atoms with van der Waals surface area (Å²) in [5.41, 5.74) is 1.27. The van der Waals surface area contributed by atoms with E-state index in [0.717, 1.165) is 31.2 Å². The largest absolute Gasteiger partial charge is 0.461 e. The topological polar surface area (TPSA) is 90.3 Å². The van der Waals surface area contributed by atoms with Gasteiger partial charge in [-0.3, -0.25) is 9.59 Å². The molecule has 1 aliphatic rings. The number of hydrogen-bond acceptors (Lipinski definition) is 6. The maximum absolute atomic E-state index is 13.5. The Kier molecular flexibility index (Phi) is 8.00. The van der Waals surface area contributed by atoms with Crippen molar-refractivity contribution < 1.29 is 14.3 Å². The SMILES string of the molecule is CCCCC1CCC(C(=O)Nc2scc3c(C(=O)OCC)nn(-c4ccc(C)cc4)c(=O)c23)CC1. The van der Waals surface area contributed by atoms with Crippen molar-refractivity contribution in [1.29, 1.82) is 0 Å². The fraction of sp³-hybridized carbons (Fsp3) is 0.481. The van der Waals surface area contributed by atoms with Crippen LogP contribution in [0.5, 0.6) is 0 Å². The van der Waals surface area contributed by atoms with Gasteiger partial charge in [-0.25, -0.2) is 4.79 Å². The first kappa shape index (κ1) is 25.1. The molecular weight excluding hydrogens is 462 g/mol. The second kappa shape index (κ2) is 11.2. The molecule has 3 aromatic rings. The molecule has 1 fully saturated rings. The molecule has 1 aliphatic carbocycles. The Morgan fingerprint density at radius 3 is 2.51 bits per heavy atom. The van der Waals surface area contributed by atoms with Gasteiger partial charge in [0.1, 0.15) is 5.00 Å². The number of nitrogens with zero attached hydrogens (tertiary/aromatic N) is 2. The van der Waals surface area contributed by atoms with Gasteiger partial charge < -0.3 is 10.1 Å². The van der Waals surface area contributed by atoms with E-state index in [0.29, 0.717) is 27.4 Å². The van der Waals surface area contributed by atoms with E-state index >= 15 is 0 Å². The highest BCUT2D eigenvalue weighted by atomic mass is 32.1. The first-order chi connectivity index (χ1) is 16.9. The van der Waals surface area contributed by atoms with Crippen LogP contribution in [0.25, 0.3) is 16.5 Å². The van der Waals surface area contributed by atoms with E-state index in [1.54, 1.807) is 24.4 Å². The quantitative estimate of drug-likeness (QED) is 0.395. The third-order valence-corrected chi connectivity index (χ3v) is 7.72. The highest BCUT2D eigenvalue weighted by Crippen LogP contribution is 2.35. The number of ether oxygens (including phenoxy) is 1.